The highest BCUT2D eigenvalue weighted by molar-refractivity contribution is 6.02. The summed E-state index contributed by atoms with van der Waals surface area (Å²) in [6.07, 6.45) is 1.63. The van der Waals surface area contributed by atoms with Crippen LogP contribution in [0.2, 0.25) is 0 Å². The third-order valence-corrected chi connectivity index (χ3v) is 5.57. The first kappa shape index (κ1) is 22.1. The number of fused-ring (bicyclic) bond motifs is 1. The molecule has 174 valence electrons. The van der Waals surface area contributed by atoms with E-state index in [1.54, 1.807) is 16.9 Å². The molecule has 1 N–H and O–H groups in total. The third-order valence-electron chi connectivity index (χ3n) is 5.57. The Labute approximate surface area is 201 Å². The van der Waals surface area contributed by atoms with Crippen molar-refractivity contribution in [3.63, 3.8) is 0 Å². The lowest BCUT2D eigenvalue weighted by molar-refractivity contribution is 0.101. The second-order valence-corrected chi connectivity index (χ2v) is 7.91. The van der Waals surface area contributed by atoms with Gasteiger partial charge in [0.1, 0.15) is 23.9 Å². The Hall–Kier alpha value is -4.72. The van der Waals surface area contributed by atoms with Crippen molar-refractivity contribution in [3.8, 4) is 5.75 Å². The van der Waals surface area contributed by atoms with E-state index in [0.717, 1.165) is 16.3 Å². The number of carbonyl (C=O) groups excluding carboxylic acids is 1. The van der Waals surface area contributed by atoms with E-state index in [-0.39, 0.29) is 24.4 Å². The van der Waals surface area contributed by atoms with Crippen LogP contribution in [0.4, 0.5) is 5.82 Å². The molecule has 0 atom stereocenters. The van der Waals surface area contributed by atoms with Gasteiger partial charge in [0.15, 0.2) is 0 Å². The van der Waals surface area contributed by atoms with Gasteiger partial charge in [0.25, 0.3) is 11.5 Å². The Morgan fingerprint density at radius 2 is 1.66 bits per heavy atom. The van der Waals surface area contributed by atoms with Gasteiger partial charge in [-0.05, 0) is 34.5 Å². The number of hydrogen-bond acceptors (Lipinski definition) is 5. The molecule has 0 saturated heterocycles. The summed E-state index contributed by atoms with van der Waals surface area (Å²) in [6, 6.07) is 28.0. The summed E-state index contributed by atoms with van der Waals surface area (Å²) in [6.45, 7) is 0.960. The van der Waals surface area contributed by atoms with Gasteiger partial charge in [-0.1, -0.05) is 60.7 Å². The number of carbonyl (C=O) groups is 1. The van der Waals surface area contributed by atoms with Crippen LogP contribution in [0.15, 0.2) is 102 Å². The van der Waals surface area contributed by atoms with Crippen molar-refractivity contribution < 1.29 is 9.53 Å². The Balaban J connectivity index is 1.29. The van der Waals surface area contributed by atoms with E-state index in [4.69, 9.17) is 4.74 Å². The Morgan fingerprint density at radius 1 is 0.857 bits per heavy atom. The highest BCUT2D eigenvalue weighted by Gasteiger charge is 2.14. The predicted octanol–water partition coefficient (Wildman–Crippen LogP) is 3.97. The Kier molecular flexibility index (Phi) is 6.34. The topological polar surface area (TPSA) is 91.0 Å². The zero-order chi connectivity index (χ0) is 24.0. The molecule has 2 heterocycles. The average Bonchev–Trinajstić information content (AvgIpc) is 3.32. The number of para-hydroxylation sites is 1. The van der Waals surface area contributed by atoms with Crippen molar-refractivity contribution in [3.05, 3.63) is 119 Å². The van der Waals surface area contributed by atoms with Gasteiger partial charge in [-0.2, -0.15) is 10.2 Å². The predicted molar refractivity (Wildman–Crippen MR) is 134 cm³/mol. The molecule has 8 heteroatoms. The van der Waals surface area contributed by atoms with Crippen LogP contribution in [0.3, 0.4) is 0 Å². The van der Waals surface area contributed by atoms with Gasteiger partial charge in [-0.25, -0.2) is 9.36 Å². The van der Waals surface area contributed by atoms with Crippen molar-refractivity contribution in [2.75, 3.05) is 11.9 Å². The average molecular weight is 466 g/mol. The largest absolute Gasteiger partial charge is 0.492 e. The van der Waals surface area contributed by atoms with Crippen molar-refractivity contribution in [2.45, 2.75) is 13.1 Å². The molecule has 0 radical (unpaired) electrons. The molecular weight excluding hydrogens is 442 g/mol. The molecule has 5 rings (SSSR count). The molecule has 0 bridgehead atoms. The minimum atomic E-state index is -0.428. The number of rotatable bonds is 8. The standard InChI is InChI=1S/C27H23N5O3/c33-26-14-13-24(30-31(26)17-18-35-22-10-2-1-3-11-22)27(34)29-25-15-16-28-32(25)19-21-9-6-8-20-7-4-5-12-23(20)21/h1-16H,17-19H2,(H,29,34). The van der Waals surface area contributed by atoms with E-state index in [9.17, 15) is 9.59 Å². The molecule has 0 aliphatic rings. The molecule has 0 aliphatic heterocycles. The highest BCUT2D eigenvalue weighted by Crippen LogP contribution is 2.20. The molecule has 5 aromatic rings. The van der Waals surface area contributed by atoms with Gasteiger partial charge in [0.2, 0.25) is 0 Å². The van der Waals surface area contributed by atoms with Crippen LogP contribution < -0.4 is 15.6 Å². The molecule has 3 aromatic carbocycles. The van der Waals surface area contributed by atoms with Gasteiger partial charge in [0, 0.05) is 12.1 Å². The van der Waals surface area contributed by atoms with Crippen molar-refractivity contribution in [1.29, 1.82) is 0 Å². The molecule has 2 aromatic heterocycles. The van der Waals surface area contributed by atoms with E-state index in [2.05, 4.69) is 33.7 Å². The van der Waals surface area contributed by atoms with Crippen LogP contribution in [0, 0.1) is 0 Å². The summed E-state index contributed by atoms with van der Waals surface area (Å²) in [5, 5.41) is 13.7. The SMILES string of the molecule is O=C(Nc1ccnn1Cc1cccc2ccccc12)c1ccc(=O)n(CCOc2ccccc2)n1. The van der Waals surface area contributed by atoms with E-state index >= 15 is 0 Å². The minimum Gasteiger partial charge on any atom is -0.492 e. The number of nitrogens with zero attached hydrogens (tertiary/aromatic N) is 4. The minimum absolute atomic E-state index is 0.127. The Morgan fingerprint density at radius 3 is 2.54 bits per heavy atom. The Bertz CT molecular complexity index is 1520. The first-order chi connectivity index (χ1) is 17.2. The summed E-state index contributed by atoms with van der Waals surface area (Å²) < 4.78 is 8.59. The lowest BCUT2D eigenvalue weighted by Gasteiger charge is -2.12. The summed E-state index contributed by atoms with van der Waals surface area (Å²) in [4.78, 5) is 25.1. The monoisotopic (exact) mass is 465 g/mol. The van der Waals surface area contributed by atoms with Crippen LogP contribution in [-0.2, 0) is 13.1 Å². The number of anilines is 1. The highest BCUT2D eigenvalue weighted by atomic mass is 16.5. The van der Waals surface area contributed by atoms with E-state index in [1.165, 1.54) is 16.8 Å². The first-order valence-electron chi connectivity index (χ1n) is 11.2. The molecule has 0 spiro atoms. The van der Waals surface area contributed by atoms with Crippen molar-refractivity contribution >= 4 is 22.5 Å². The van der Waals surface area contributed by atoms with Crippen LogP contribution >= 0.6 is 0 Å². The van der Waals surface area contributed by atoms with Gasteiger partial charge in [-0.3, -0.25) is 9.59 Å². The molecule has 0 saturated carbocycles. The molecule has 1 amide bonds. The van der Waals surface area contributed by atoms with E-state index in [0.29, 0.717) is 18.1 Å². The zero-order valence-corrected chi connectivity index (χ0v) is 18.9. The van der Waals surface area contributed by atoms with Crippen LogP contribution in [0.5, 0.6) is 5.75 Å². The number of benzene rings is 3. The lowest BCUT2D eigenvalue weighted by Crippen LogP contribution is -2.28. The van der Waals surface area contributed by atoms with Crippen LogP contribution in [0.25, 0.3) is 10.8 Å². The molecule has 0 aliphatic carbocycles. The second-order valence-electron chi connectivity index (χ2n) is 7.91. The summed E-state index contributed by atoms with van der Waals surface area (Å²) >= 11 is 0. The van der Waals surface area contributed by atoms with E-state index < -0.39 is 5.91 Å². The number of hydrogen-bond donors (Lipinski definition) is 1. The third kappa shape index (κ3) is 5.11. The van der Waals surface area contributed by atoms with Gasteiger partial charge in [0.05, 0.1) is 19.3 Å². The smallest absolute Gasteiger partial charge is 0.277 e. The number of ether oxygens (including phenoxy) is 1. The first-order valence-corrected chi connectivity index (χ1v) is 11.2. The quantitative estimate of drug-likeness (QED) is 0.374. The fourth-order valence-corrected chi connectivity index (χ4v) is 3.83. The molecule has 0 unspecified atom stereocenters. The van der Waals surface area contributed by atoms with Crippen LogP contribution in [-0.4, -0.2) is 32.1 Å². The van der Waals surface area contributed by atoms with Crippen LogP contribution in [0.1, 0.15) is 16.1 Å². The normalized spacial score (nSPS) is 10.9. The fourth-order valence-electron chi connectivity index (χ4n) is 3.83. The molecule has 35 heavy (non-hydrogen) atoms. The summed E-state index contributed by atoms with van der Waals surface area (Å²) in [5.41, 5.74) is 0.911. The number of aromatic nitrogens is 4. The number of nitrogens with one attached hydrogen (secondary N) is 1. The maximum Gasteiger partial charge on any atom is 0.277 e. The van der Waals surface area contributed by atoms with Crippen molar-refractivity contribution in [2.24, 2.45) is 0 Å². The summed E-state index contributed by atoms with van der Waals surface area (Å²) in [7, 11) is 0. The second kappa shape index (κ2) is 10.0. The molecular formula is C27H23N5O3. The maximum absolute atomic E-state index is 12.9. The van der Waals surface area contributed by atoms with Gasteiger partial charge in [-0.15, -0.1) is 0 Å². The fraction of sp³-hybridized carbons (Fsp3) is 0.111. The maximum atomic E-state index is 12.9. The van der Waals surface area contributed by atoms with Gasteiger partial charge < -0.3 is 10.1 Å². The van der Waals surface area contributed by atoms with Crippen molar-refractivity contribution in [1.82, 2.24) is 19.6 Å². The van der Waals surface area contributed by atoms with E-state index in [1.807, 2.05) is 54.6 Å². The molecule has 0 fully saturated rings. The summed E-state index contributed by atoms with van der Waals surface area (Å²) in [5.74, 6) is 0.811. The van der Waals surface area contributed by atoms with Gasteiger partial charge >= 0.3 is 0 Å². The zero-order valence-electron chi connectivity index (χ0n) is 18.9. The lowest BCUT2D eigenvalue weighted by atomic mass is 10.0. The molecule has 8 nitrogen and oxygen atoms in total. The number of amides is 1.